The SMILES string of the molecule is CC(C)C(=O)C(=O)O[Si]. The highest BCUT2D eigenvalue weighted by Gasteiger charge is 2.16. The van der Waals surface area contributed by atoms with Crippen molar-refractivity contribution in [1.82, 2.24) is 0 Å². The van der Waals surface area contributed by atoms with Crippen LogP contribution in [0.1, 0.15) is 13.8 Å². The van der Waals surface area contributed by atoms with Gasteiger partial charge in [0.05, 0.1) is 0 Å². The van der Waals surface area contributed by atoms with E-state index in [0.29, 0.717) is 0 Å². The Morgan fingerprint density at radius 1 is 1.44 bits per heavy atom. The third-order valence-electron chi connectivity index (χ3n) is 0.818. The zero-order chi connectivity index (χ0) is 7.44. The van der Waals surface area contributed by atoms with E-state index >= 15 is 0 Å². The lowest BCUT2D eigenvalue weighted by Gasteiger charge is -1.98. The number of Topliss-reactive ketones (excluding diaryl/α,β-unsaturated/α-hetero) is 1. The van der Waals surface area contributed by atoms with Crippen LogP contribution in [0.15, 0.2) is 0 Å². The zero-order valence-corrected chi connectivity index (χ0v) is 6.30. The molecule has 0 aliphatic carbocycles. The summed E-state index contributed by atoms with van der Waals surface area (Å²) in [7, 11) is 2.46. The smallest absolute Gasteiger partial charge is 0.361 e. The van der Waals surface area contributed by atoms with Crippen LogP contribution < -0.4 is 0 Å². The predicted molar refractivity (Wildman–Crippen MR) is 31.7 cm³/mol. The van der Waals surface area contributed by atoms with Gasteiger partial charge in [0.2, 0.25) is 5.78 Å². The van der Waals surface area contributed by atoms with Crippen molar-refractivity contribution in [3.05, 3.63) is 0 Å². The van der Waals surface area contributed by atoms with Crippen molar-refractivity contribution in [2.45, 2.75) is 13.8 Å². The molecule has 0 amide bonds. The third kappa shape index (κ3) is 2.41. The fourth-order valence-corrected chi connectivity index (χ4v) is 0.387. The average molecular weight is 143 g/mol. The first-order chi connectivity index (χ1) is 4.09. The number of carbonyl (C=O) groups excluding carboxylic acids is 2. The van der Waals surface area contributed by atoms with E-state index in [1.807, 2.05) is 0 Å². The predicted octanol–water partition coefficient (Wildman–Crippen LogP) is -0.162. The topological polar surface area (TPSA) is 43.4 Å². The summed E-state index contributed by atoms with van der Waals surface area (Å²) >= 11 is 0. The van der Waals surface area contributed by atoms with Crippen LogP contribution in [-0.4, -0.2) is 22.2 Å². The van der Waals surface area contributed by atoms with Crippen molar-refractivity contribution in [3.8, 4) is 0 Å². The second-order valence-electron chi connectivity index (χ2n) is 1.91. The molecule has 0 heterocycles. The van der Waals surface area contributed by atoms with E-state index in [1.54, 1.807) is 13.8 Å². The van der Waals surface area contributed by atoms with Gasteiger partial charge in [-0.2, -0.15) is 0 Å². The van der Waals surface area contributed by atoms with E-state index in [-0.39, 0.29) is 5.92 Å². The molecule has 0 aromatic rings. The largest absolute Gasteiger partial charge is 0.510 e. The van der Waals surface area contributed by atoms with E-state index < -0.39 is 11.8 Å². The monoisotopic (exact) mass is 143 g/mol. The average Bonchev–Trinajstić information content (AvgIpc) is 1.84. The molecule has 0 saturated heterocycles. The van der Waals surface area contributed by atoms with Gasteiger partial charge < -0.3 is 4.43 Å². The summed E-state index contributed by atoms with van der Waals surface area (Å²) in [5.41, 5.74) is 0. The molecule has 0 N–H and O–H groups in total. The molecule has 0 aromatic heterocycles. The lowest BCUT2D eigenvalue weighted by Crippen LogP contribution is -2.21. The first-order valence-electron chi connectivity index (χ1n) is 2.51. The molecule has 0 aliphatic heterocycles. The highest BCUT2D eigenvalue weighted by molar-refractivity contribution is 6.37. The van der Waals surface area contributed by atoms with E-state index in [9.17, 15) is 9.59 Å². The molecule has 4 heteroatoms. The molecule has 0 aliphatic rings. The molecule has 0 atom stereocenters. The minimum absolute atomic E-state index is 0.297. The Balaban J connectivity index is 3.89. The highest BCUT2D eigenvalue weighted by atomic mass is 28.2. The number of hydrogen-bond donors (Lipinski definition) is 0. The number of ketones is 1. The molecule has 3 radical (unpaired) electrons. The number of carbonyl (C=O) groups is 2. The molecular formula is C5H7O3Si. The molecule has 9 heavy (non-hydrogen) atoms. The van der Waals surface area contributed by atoms with Gasteiger partial charge in [-0.1, -0.05) is 13.8 Å². The number of rotatable bonds is 2. The van der Waals surface area contributed by atoms with Crippen LogP contribution in [0, 0.1) is 5.92 Å². The zero-order valence-electron chi connectivity index (χ0n) is 5.30. The molecule has 49 valence electrons. The first-order valence-corrected chi connectivity index (χ1v) is 2.92. The van der Waals surface area contributed by atoms with E-state index in [4.69, 9.17) is 0 Å². The molecule has 0 saturated carbocycles. The Labute approximate surface area is 56.9 Å². The normalized spacial score (nSPS) is 9.33. The summed E-state index contributed by atoms with van der Waals surface area (Å²) in [6.45, 7) is 3.26. The molecule has 0 spiro atoms. The molecule has 0 unspecified atom stereocenters. The minimum atomic E-state index is -0.846. The molecule has 0 rings (SSSR count). The van der Waals surface area contributed by atoms with Crippen LogP contribution in [0.2, 0.25) is 0 Å². The molecule has 3 nitrogen and oxygen atoms in total. The van der Waals surface area contributed by atoms with Gasteiger partial charge in [0, 0.05) is 5.92 Å². The second kappa shape index (κ2) is 3.40. The van der Waals surface area contributed by atoms with Gasteiger partial charge in [-0.15, -0.1) is 0 Å². The van der Waals surface area contributed by atoms with Gasteiger partial charge >= 0.3 is 16.5 Å². The summed E-state index contributed by atoms with van der Waals surface area (Å²) in [5.74, 6) is -1.67. The van der Waals surface area contributed by atoms with E-state index in [0.717, 1.165) is 0 Å². The highest BCUT2D eigenvalue weighted by Crippen LogP contribution is 1.94. The van der Waals surface area contributed by atoms with Crippen LogP contribution in [0.5, 0.6) is 0 Å². The maximum atomic E-state index is 10.6. The standard InChI is InChI=1S/C5H7O3Si/c1-3(2)4(6)5(7)8-9/h3H,1-2H3. The van der Waals surface area contributed by atoms with E-state index in [1.165, 1.54) is 0 Å². The molecule has 0 bridgehead atoms. The van der Waals surface area contributed by atoms with Gasteiger partial charge in [-0.05, 0) is 0 Å². The Hall–Kier alpha value is -0.643. The van der Waals surface area contributed by atoms with Crippen molar-refractivity contribution in [2.75, 3.05) is 0 Å². The van der Waals surface area contributed by atoms with Crippen molar-refractivity contribution in [1.29, 1.82) is 0 Å². The van der Waals surface area contributed by atoms with Crippen molar-refractivity contribution >= 4 is 22.2 Å². The lowest BCUT2D eigenvalue weighted by atomic mass is 10.1. The van der Waals surface area contributed by atoms with Gasteiger partial charge in [-0.25, -0.2) is 4.79 Å². The second-order valence-corrected chi connectivity index (χ2v) is 2.11. The summed E-state index contributed by atoms with van der Waals surface area (Å²) in [6, 6.07) is 0. The summed E-state index contributed by atoms with van der Waals surface area (Å²) in [5, 5.41) is 0. The van der Waals surface area contributed by atoms with Gasteiger partial charge in [-0.3, -0.25) is 4.79 Å². The Kier molecular flexibility index (Phi) is 3.15. The first kappa shape index (κ1) is 8.36. The van der Waals surface area contributed by atoms with Gasteiger partial charge in [0.15, 0.2) is 0 Å². The van der Waals surface area contributed by atoms with Crippen LogP contribution in [0.25, 0.3) is 0 Å². The van der Waals surface area contributed by atoms with Crippen molar-refractivity contribution in [2.24, 2.45) is 5.92 Å². The van der Waals surface area contributed by atoms with Crippen LogP contribution >= 0.6 is 0 Å². The van der Waals surface area contributed by atoms with E-state index in [2.05, 4.69) is 14.9 Å². The van der Waals surface area contributed by atoms with Crippen molar-refractivity contribution < 1.29 is 14.0 Å². The maximum Gasteiger partial charge on any atom is 0.361 e. The number of hydrogen-bond acceptors (Lipinski definition) is 3. The molecule has 0 aromatic carbocycles. The quantitative estimate of drug-likeness (QED) is 0.398. The van der Waals surface area contributed by atoms with Gasteiger partial charge in [0.25, 0.3) is 0 Å². The minimum Gasteiger partial charge on any atom is -0.510 e. The lowest BCUT2D eigenvalue weighted by molar-refractivity contribution is -0.148. The third-order valence-corrected chi connectivity index (χ3v) is 1.00. The van der Waals surface area contributed by atoms with Crippen LogP contribution in [-0.2, 0) is 14.0 Å². The summed E-state index contributed by atoms with van der Waals surface area (Å²) in [4.78, 5) is 20.9. The molecule has 0 fully saturated rings. The van der Waals surface area contributed by atoms with Crippen molar-refractivity contribution in [3.63, 3.8) is 0 Å². The van der Waals surface area contributed by atoms with Gasteiger partial charge in [0.1, 0.15) is 0 Å². The fraction of sp³-hybridized carbons (Fsp3) is 0.600. The Morgan fingerprint density at radius 2 is 1.89 bits per heavy atom. The summed E-state index contributed by atoms with van der Waals surface area (Å²) in [6.07, 6.45) is 0. The molecular weight excluding hydrogens is 136 g/mol. The fourth-order valence-electron chi connectivity index (χ4n) is 0.286. The Morgan fingerprint density at radius 3 is 2.00 bits per heavy atom. The maximum absolute atomic E-state index is 10.6. The Bertz CT molecular complexity index is 130. The van der Waals surface area contributed by atoms with Crippen LogP contribution in [0.4, 0.5) is 0 Å². The van der Waals surface area contributed by atoms with Crippen LogP contribution in [0.3, 0.4) is 0 Å². The summed E-state index contributed by atoms with van der Waals surface area (Å²) < 4.78 is 3.99.